The summed E-state index contributed by atoms with van der Waals surface area (Å²) in [6.45, 7) is 11.1. The molecule has 2 N–H and O–H groups in total. The lowest BCUT2D eigenvalue weighted by Gasteiger charge is -2.18. The molecule has 0 aliphatic rings. The molecule has 1 unspecified atom stereocenters. The van der Waals surface area contributed by atoms with Gasteiger partial charge in [-0.15, -0.1) is 0 Å². The third kappa shape index (κ3) is 3.30. The lowest BCUT2D eigenvalue weighted by atomic mass is 9.97. The molecule has 22 heavy (non-hydrogen) atoms. The molecule has 0 saturated carbocycles. The highest BCUT2D eigenvalue weighted by Crippen LogP contribution is 2.20. The summed E-state index contributed by atoms with van der Waals surface area (Å²) < 4.78 is 1.83. The van der Waals surface area contributed by atoms with Gasteiger partial charge in [-0.05, 0) is 55.5 Å². The molecule has 0 amide bonds. The number of hydrogen-bond donors (Lipinski definition) is 1. The van der Waals surface area contributed by atoms with Gasteiger partial charge in [0.1, 0.15) is 0 Å². The second-order valence-corrected chi connectivity index (χ2v) is 6.56. The van der Waals surface area contributed by atoms with Gasteiger partial charge in [-0.2, -0.15) is 0 Å². The van der Waals surface area contributed by atoms with Crippen LogP contribution in [0.5, 0.6) is 0 Å². The Labute approximate surface area is 132 Å². The largest absolute Gasteiger partial charge is 0.320 e. The lowest BCUT2D eigenvalue weighted by molar-refractivity contribution is 0.498. The Hall–Kier alpha value is -1.87. The van der Waals surface area contributed by atoms with E-state index in [0.717, 1.165) is 17.8 Å². The third-order valence-corrected chi connectivity index (χ3v) is 4.19. The first-order valence-corrected chi connectivity index (χ1v) is 7.84. The van der Waals surface area contributed by atoms with Gasteiger partial charge in [0.15, 0.2) is 0 Å². The molecule has 1 aromatic carbocycles. The van der Waals surface area contributed by atoms with Crippen molar-refractivity contribution in [2.45, 2.75) is 47.2 Å². The summed E-state index contributed by atoms with van der Waals surface area (Å²) in [5.41, 5.74) is 11.5. The topological polar surface area (TPSA) is 48.0 Å². The van der Waals surface area contributed by atoms with Gasteiger partial charge in [0.05, 0.1) is 6.04 Å². The Bertz CT molecular complexity index is 729. The molecule has 0 bridgehead atoms. The van der Waals surface area contributed by atoms with Gasteiger partial charge >= 0.3 is 0 Å². The van der Waals surface area contributed by atoms with Crippen molar-refractivity contribution in [3.8, 4) is 0 Å². The van der Waals surface area contributed by atoms with Crippen LogP contribution in [-0.2, 0) is 6.54 Å². The van der Waals surface area contributed by atoms with Crippen LogP contribution in [0.15, 0.2) is 35.1 Å². The van der Waals surface area contributed by atoms with Gasteiger partial charge in [0.2, 0.25) is 0 Å². The van der Waals surface area contributed by atoms with Crippen molar-refractivity contribution in [2.75, 3.05) is 0 Å². The summed E-state index contributed by atoms with van der Waals surface area (Å²) in [5, 5.41) is 0. The number of aryl methyl sites for hydroxylation is 3. The van der Waals surface area contributed by atoms with Gasteiger partial charge in [-0.3, -0.25) is 4.79 Å². The number of pyridine rings is 1. The van der Waals surface area contributed by atoms with Crippen LogP contribution < -0.4 is 11.3 Å². The average molecular weight is 298 g/mol. The molecule has 118 valence electrons. The Morgan fingerprint density at radius 3 is 2.32 bits per heavy atom. The summed E-state index contributed by atoms with van der Waals surface area (Å²) >= 11 is 0. The Kier molecular flexibility index (Phi) is 4.87. The lowest BCUT2D eigenvalue weighted by Crippen LogP contribution is -2.31. The fraction of sp³-hybridized carbons (Fsp3) is 0.421. The fourth-order valence-corrected chi connectivity index (χ4v) is 2.65. The number of nitrogens with two attached hydrogens (primary N) is 1. The Balaban J connectivity index is 2.47. The Morgan fingerprint density at radius 2 is 1.73 bits per heavy atom. The smallest absolute Gasteiger partial charge is 0.255 e. The summed E-state index contributed by atoms with van der Waals surface area (Å²) in [6, 6.07) is 9.62. The van der Waals surface area contributed by atoms with Crippen LogP contribution in [0.3, 0.4) is 0 Å². The molecule has 3 heteroatoms. The molecule has 0 radical (unpaired) electrons. The molecule has 0 aliphatic carbocycles. The molecule has 0 saturated heterocycles. The van der Waals surface area contributed by atoms with Gasteiger partial charge in [0, 0.05) is 17.8 Å². The van der Waals surface area contributed by atoms with Crippen LogP contribution >= 0.6 is 0 Å². The summed E-state index contributed by atoms with van der Waals surface area (Å²) in [4.78, 5) is 12.8. The van der Waals surface area contributed by atoms with E-state index >= 15 is 0 Å². The highest BCUT2D eigenvalue weighted by atomic mass is 16.1. The molecule has 0 aliphatic heterocycles. The van der Waals surface area contributed by atoms with E-state index in [1.165, 1.54) is 11.1 Å². The maximum absolute atomic E-state index is 12.8. The van der Waals surface area contributed by atoms with Crippen LogP contribution in [0.25, 0.3) is 0 Å². The van der Waals surface area contributed by atoms with E-state index < -0.39 is 0 Å². The zero-order valence-corrected chi connectivity index (χ0v) is 14.2. The van der Waals surface area contributed by atoms with Crippen molar-refractivity contribution in [3.63, 3.8) is 0 Å². The predicted molar refractivity (Wildman–Crippen MR) is 92.2 cm³/mol. The quantitative estimate of drug-likeness (QED) is 0.939. The summed E-state index contributed by atoms with van der Waals surface area (Å²) in [6.07, 6.45) is 0. The Morgan fingerprint density at radius 1 is 1.05 bits per heavy atom. The molecular weight excluding hydrogens is 272 g/mol. The second kappa shape index (κ2) is 6.49. The minimum Gasteiger partial charge on any atom is -0.320 e. The third-order valence-electron chi connectivity index (χ3n) is 4.19. The van der Waals surface area contributed by atoms with E-state index in [0.29, 0.717) is 11.5 Å². The molecule has 3 nitrogen and oxygen atoms in total. The number of hydrogen-bond acceptors (Lipinski definition) is 2. The number of aromatic nitrogens is 1. The van der Waals surface area contributed by atoms with Crippen molar-refractivity contribution in [3.05, 3.63) is 68.6 Å². The highest BCUT2D eigenvalue weighted by molar-refractivity contribution is 5.36. The van der Waals surface area contributed by atoms with E-state index in [1.807, 2.05) is 29.7 Å². The summed E-state index contributed by atoms with van der Waals surface area (Å²) in [5.74, 6) is 0.421. The zero-order chi connectivity index (χ0) is 16.4. The van der Waals surface area contributed by atoms with Crippen molar-refractivity contribution in [1.82, 2.24) is 4.57 Å². The molecule has 0 spiro atoms. The van der Waals surface area contributed by atoms with Gasteiger partial charge in [-0.1, -0.05) is 32.0 Å². The molecule has 0 fully saturated rings. The number of benzene rings is 1. The molecule has 2 rings (SSSR count). The van der Waals surface area contributed by atoms with Crippen LogP contribution in [0.1, 0.15) is 47.8 Å². The maximum atomic E-state index is 12.8. The van der Waals surface area contributed by atoms with Gasteiger partial charge < -0.3 is 10.3 Å². The van der Waals surface area contributed by atoms with Crippen LogP contribution in [0.2, 0.25) is 0 Å². The molecule has 1 atom stereocenters. The minimum atomic E-state index is -0.384. The van der Waals surface area contributed by atoms with Crippen molar-refractivity contribution < 1.29 is 0 Å². The number of rotatable bonds is 4. The first kappa shape index (κ1) is 16.5. The molecule has 1 heterocycles. The first-order chi connectivity index (χ1) is 10.3. The monoisotopic (exact) mass is 298 g/mol. The van der Waals surface area contributed by atoms with Crippen LogP contribution in [0, 0.1) is 26.7 Å². The second-order valence-electron chi connectivity index (χ2n) is 6.56. The van der Waals surface area contributed by atoms with Crippen LogP contribution in [0.4, 0.5) is 0 Å². The molecule has 2 aromatic rings. The normalized spacial score (nSPS) is 12.7. The van der Waals surface area contributed by atoms with Gasteiger partial charge in [-0.25, -0.2) is 0 Å². The van der Waals surface area contributed by atoms with E-state index in [4.69, 9.17) is 5.73 Å². The standard InChI is InChI=1S/C19H26N2O/c1-12(2)11-21-15(5)7-9-17(19(21)22)18(20)16-8-6-13(3)14(4)10-16/h6-10,12,18H,11,20H2,1-5H3. The molecule has 1 aromatic heterocycles. The average Bonchev–Trinajstić information content (AvgIpc) is 2.45. The van der Waals surface area contributed by atoms with E-state index in [-0.39, 0.29) is 11.6 Å². The van der Waals surface area contributed by atoms with Crippen molar-refractivity contribution in [2.24, 2.45) is 11.7 Å². The number of nitrogens with zero attached hydrogens (tertiary/aromatic N) is 1. The van der Waals surface area contributed by atoms with Crippen molar-refractivity contribution >= 4 is 0 Å². The SMILES string of the molecule is Cc1ccc(C(N)c2ccc(C)n(CC(C)C)c2=O)cc1C. The zero-order valence-electron chi connectivity index (χ0n) is 14.2. The van der Waals surface area contributed by atoms with Crippen LogP contribution in [-0.4, -0.2) is 4.57 Å². The van der Waals surface area contributed by atoms with Gasteiger partial charge in [0.25, 0.3) is 5.56 Å². The first-order valence-electron chi connectivity index (χ1n) is 7.84. The predicted octanol–water partition coefficient (Wildman–Crippen LogP) is 3.48. The fourth-order valence-electron chi connectivity index (χ4n) is 2.65. The highest BCUT2D eigenvalue weighted by Gasteiger charge is 2.16. The summed E-state index contributed by atoms with van der Waals surface area (Å²) in [7, 11) is 0. The van der Waals surface area contributed by atoms with Crippen molar-refractivity contribution in [1.29, 1.82) is 0 Å². The van der Waals surface area contributed by atoms with E-state index in [9.17, 15) is 4.79 Å². The van der Waals surface area contributed by atoms with E-state index in [2.05, 4.69) is 39.8 Å². The molecular formula is C19H26N2O. The van der Waals surface area contributed by atoms with E-state index in [1.54, 1.807) is 0 Å². The minimum absolute atomic E-state index is 0.0272. The maximum Gasteiger partial charge on any atom is 0.255 e.